The van der Waals surface area contributed by atoms with E-state index in [0.29, 0.717) is 12.2 Å². The standard InChI is InChI=1S/C17H20BrN3O2/c1-12-4-5-14(9-16(12)18)21-17(22)13-8-15(11-19-10-13)20-6-3-7-23-2/h4-5,8-11,20H,3,6-7H2,1-2H3,(H,21,22). The molecule has 23 heavy (non-hydrogen) atoms. The molecular formula is C17H20BrN3O2. The summed E-state index contributed by atoms with van der Waals surface area (Å²) in [6.45, 7) is 3.47. The van der Waals surface area contributed by atoms with Gasteiger partial charge in [0.1, 0.15) is 0 Å². The number of aryl methyl sites for hydroxylation is 1. The van der Waals surface area contributed by atoms with Gasteiger partial charge in [0.25, 0.3) is 5.91 Å². The largest absolute Gasteiger partial charge is 0.385 e. The van der Waals surface area contributed by atoms with Crippen LogP contribution in [0.4, 0.5) is 11.4 Å². The van der Waals surface area contributed by atoms with E-state index in [1.54, 1.807) is 25.6 Å². The van der Waals surface area contributed by atoms with E-state index in [2.05, 4.69) is 31.5 Å². The van der Waals surface area contributed by atoms with E-state index in [1.165, 1.54) is 0 Å². The van der Waals surface area contributed by atoms with Crippen molar-refractivity contribution in [2.75, 3.05) is 30.9 Å². The zero-order valence-corrected chi connectivity index (χ0v) is 14.8. The fourth-order valence-electron chi connectivity index (χ4n) is 1.98. The second-order valence-electron chi connectivity index (χ2n) is 5.15. The summed E-state index contributed by atoms with van der Waals surface area (Å²) in [5, 5.41) is 6.10. The Kier molecular flexibility index (Phi) is 6.55. The lowest BCUT2D eigenvalue weighted by atomic mass is 10.2. The van der Waals surface area contributed by atoms with Crippen molar-refractivity contribution in [1.29, 1.82) is 0 Å². The maximum Gasteiger partial charge on any atom is 0.257 e. The Hall–Kier alpha value is -1.92. The third-order valence-electron chi connectivity index (χ3n) is 3.28. The van der Waals surface area contributed by atoms with Crippen LogP contribution in [0.5, 0.6) is 0 Å². The van der Waals surface area contributed by atoms with Gasteiger partial charge in [-0.25, -0.2) is 0 Å². The minimum absolute atomic E-state index is 0.186. The zero-order valence-electron chi connectivity index (χ0n) is 13.2. The number of hydrogen-bond donors (Lipinski definition) is 2. The van der Waals surface area contributed by atoms with E-state index >= 15 is 0 Å². The fraction of sp³-hybridized carbons (Fsp3) is 0.294. The molecule has 0 aliphatic carbocycles. The Morgan fingerprint density at radius 1 is 1.26 bits per heavy atom. The minimum Gasteiger partial charge on any atom is -0.385 e. The van der Waals surface area contributed by atoms with Crippen LogP contribution in [0.3, 0.4) is 0 Å². The van der Waals surface area contributed by atoms with Crippen LogP contribution in [0.2, 0.25) is 0 Å². The normalized spacial score (nSPS) is 10.4. The van der Waals surface area contributed by atoms with Crippen molar-refractivity contribution >= 4 is 33.2 Å². The second-order valence-corrected chi connectivity index (χ2v) is 6.01. The number of anilines is 2. The van der Waals surface area contributed by atoms with E-state index in [-0.39, 0.29) is 5.91 Å². The van der Waals surface area contributed by atoms with Crippen molar-refractivity contribution < 1.29 is 9.53 Å². The van der Waals surface area contributed by atoms with Gasteiger partial charge in [-0.1, -0.05) is 22.0 Å². The van der Waals surface area contributed by atoms with E-state index in [1.807, 2.05) is 25.1 Å². The van der Waals surface area contributed by atoms with Gasteiger partial charge in [-0.3, -0.25) is 9.78 Å². The first-order valence-corrected chi connectivity index (χ1v) is 8.15. The number of ether oxygens (including phenoxy) is 1. The number of nitrogens with zero attached hydrogens (tertiary/aromatic N) is 1. The molecular weight excluding hydrogens is 358 g/mol. The minimum atomic E-state index is -0.186. The third-order valence-corrected chi connectivity index (χ3v) is 4.14. The predicted molar refractivity (Wildman–Crippen MR) is 96.1 cm³/mol. The summed E-state index contributed by atoms with van der Waals surface area (Å²) in [6.07, 6.45) is 4.15. The van der Waals surface area contributed by atoms with Gasteiger partial charge in [0, 0.05) is 42.8 Å². The molecule has 1 aromatic carbocycles. The molecule has 6 heteroatoms. The van der Waals surface area contributed by atoms with Gasteiger partial charge >= 0.3 is 0 Å². The number of halogens is 1. The van der Waals surface area contributed by atoms with Crippen LogP contribution < -0.4 is 10.6 Å². The molecule has 0 unspecified atom stereocenters. The predicted octanol–water partition coefficient (Wildman–Crippen LogP) is 3.85. The smallest absolute Gasteiger partial charge is 0.257 e. The zero-order chi connectivity index (χ0) is 16.7. The van der Waals surface area contributed by atoms with Gasteiger partial charge in [0.2, 0.25) is 0 Å². The topological polar surface area (TPSA) is 63.2 Å². The SMILES string of the molecule is COCCCNc1cncc(C(=O)Nc2ccc(C)c(Br)c2)c1. The van der Waals surface area contributed by atoms with Crippen LogP contribution >= 0.6 is 15.9 Å². The van der Waals surface area contributed by atoms with Gasteiger partial charge in [0.05, 0.1) is 11.3 Å². The molecule has 0 fully saturated rings. The molecule has 0 saturated heterocycles. The number of carbonyl (C=O) groups excluding carboxylic acids is 1. The number of rotatable bonds is 7. The highest BCUT2D eigenvalue weighted by molar-refractivity contribution is 9.10. The quantitative estimate of drug-likeness (QED) is 0.719. The molecule has 122 valence electrons. The average molecular weight is 378 g/mol. The van der Waals surface area contributed by atoms with Crippen molar-refractivity contribution in [3.63, 3.8) is 0 Å². The van der Waals surface area contributed by atoms with E-state index in [4.69, 9.17) is 4.74 Å². The summed E-state index contributed by atoms with van der Waals surface area (Å²) in [5.74, 6) is -0.186. The average Bonchev–Trinajstić information content (AvgIpc) is 2.55. The monoisotopic (exact) mass is 377 g/mol. The summed E-state index contributed by atoms with van der Waals surface area (Å²) in [6, 6.07) is 7.50. The third kappa shape index (κ3) is 5.33. The molecule has 5 nitrogen and oxygen atoms in total. The molecule has 0 aliphatic heterocycles. The highest BCUT2D eigenvalue weighted by atomic mass is 79.9. The van der Waals surface area contributed by atoms with Crippen molar-refractivity contribution in [1.82, 2.24) is 4.98 Å². The summed E-state index contributed by atoms with van der Waals surface area (Å²) in [5.41, 5.74) is 3.19. The Bertz CT molecular complexity index is 677. The molecule has 1 heterocycles. The van der Waals surface area contributed by atoms with Crippen molar-refractivity contribution in [2.45, 2.75) is 13.3 Å². The highest BCUT2D eigenvalue weighted by Gasteiger charge is 2.08. The van der Waals surface area contributed by atoms with Gasteiger partial charge in [0.15, 0.2) is 0 Å². The second kappa shape index (κ2) is 8.64. The van der Waals surface area contributed by atoms with Crippen LogP contribution in [0.15, 0.2) is 41.1 Å². The van der Waals surface area contributed by atoms with E-state index in [9.17, 15) is 4.79 Å². The number of benzene rings is 1. The maximum atomic E-state index is 12.3. The highest BCUT2D eigenvalue weighted by Crippen LogP contribution is 2.21. The first-order valence-electron chi connectivity index (χ1n) is 7.35. The fourth-order valence-corrected chi connectivity index (χ4v) is 2.36. The lowest BCUT2D eigenvalue weighted by molar-refractivity contribution is 0.102. The van der Waals surface area contributed by atoms with Gasteiger partial charge in [-0.15, -0.1) is 0 Å². The van der Waals surface area contributed by atoms with Crippen LogP contribution in [0.1, 0.15) is 22.3 Å². The van der Waals surface area contributed by atoms with Crippen LogP contribution in [-0.2, 0) is 4.74 Å². The Balaban J connectivity index is 2.00. The summed E-state index contributed by atoms with van der Waals surface area (Å²) in [4.78, 5) is 16.4. The summed E-state index contributed by atoms with van der Waals surface area (Å²) < 4.78 is 5.96. The van der Waals surface area contributed by atoms with Crippen molar-refractivity contribution in [3.8, 4) is 0 Å². The number of aromatic nitrogens is 1. The van der Waals surface area contributed by atoms with Crippen LogP contribution in [-0.4, -0.2) is 31.2 Å². The Labute approximate surface area is 144 Å². The molecule has 2 aromatic rings. The summed E-state index contributed by atoms with van der Waals surface area (Å²) in [7, 11) is 1.68. The molecule has 0 atom stereocenters. The first-order chi connectivity index (χ1) is 11.1. The number of pyridine rings is 1. The van der Waals surface area contributed by atoms with Crippen molar-refractivity contribution in [3.05, 3.63) is 52.3 Å². The van der Waals surface area contributed by atoms with Crippen molar-refractivity contribution in [2.24, 2.45) is 0 Å². The van der Waals surface area contributed by atoms with Gasteiger partial charge in [-0.2, -0.15) is 0 Å². The van der Waals surface area contributed by atoms with Gasteiger partial charge < -0.3 is 15.4 Å². The van der Waals surface area contributed by atoms with E-state index < -0.39 is 0 Å². The molecule has 0 radical (unpaired) electrons. The molecule has 1 amide bonds. The molecule has 0 saturated carbocycles. The number of amides is 1. The summed E-state index contributed by atoms with van der Waals surface area (Å²) >= 11 is 3.46. The lowest BCUT2D eigenvalue weighted by Gasteiger charge is -2.09. The Morgan fingerprint density at radius 3 is 2.83 bits per heavy atom. The maximum absolute atomic E-state index is 12.3. The number of hydrogen-bond acceptors (Lipinski definition) is 4. The van der Waals surface area contributed by atoms with Gasteiger partial charge in [-0.05, 0) is 37.1 Å². The van der Waals surface area contributed by atoms with Crippen LogP contribution in [0.25, 0.3) is 0 Å². The Morgan fingerprint density at radius 2 is 2.09 bits per heavy atom. The number of nitrogens with one attached hydrogen (secondary N) is 2. The molecule has 0 bridgehead atoms. The first kappa shape index (κ1) is 17.4. The van der Waals surface area contributed by atoms with E-state index in [0.717, 1.165) is 34.4 Å². The number of methoxy groups -OCH3 is 1. The lowest BCUT2D eigenvalue weighted by Crippen LogP contribution is -2.13. The number of carbonyl (C=O) groups is 1. The molecule has 2 rings (SSSR count). The molecule has 0 aliphatic rings. The van der Waals surface area contributed by atoms with Crippen LogP contribution in [0, 0.1) is 6.92 Å². The molecule has 0 spiro atoms. The molecule has 1 aromatic heterocycles. The molecule has 2 N–H and O–H groups in total.